The van der Waals surface area contributed by atoms with Crippen molar-refractivity contribution in [2.75, 3.05) is 6.54 Å². The molecule has 0 amide bonds. The quantitative estimate of drug-likeness (QED) is 0.897. The zero-order chi connectivity index (χ0) is 13.0. The SMILES string of the molecule is CCCNC(c1cncs1)c1ccc(Cl)cc1F. The summed E-state index contributed by atoms with van der Waals surface area (Å²) in [7, 11) is 0. The highest BCUT2D eigenvalue weighted by Gasteiger charge is 2.18. The third-order valence-corrected chi connectivity index (χ3v) is 3.68. The third kappa shape index (κ3) is 3.07. The molecule has 0 aliphatic heterocycles. The van der Waals surface area contributed by atoms with Crippen LogP contribution in [0.3, 0.4) is 0 Å². The zero-order valence-electron chi connectivity index (χ0n) is 9.99. The number of hydrogen-bond donors (Lipinski definition) is 1. The maximum atomic E-state index is 14.0. The van der Waals surface area contributed by atoms with Gasteiger partial charge in [-0.15, -0.1) is 11.3 Å². The Labute approximate surface area is 115 Å². The van der Waals surface area contributed by atoms with Gasteiger partial charge < -0.3 is 5.32 Å². The van der Waals surface area contributed by atoms with Crippen LogP contribution in [0.4, 0.5) is 4.39 Å². The number of aromatic nitrogens is 1. The largest absolute Gasteiger partial charge is 0.305 e. The van der Waals surface area contributed by atoms with Gasteiger partial charge in [-0.05, 0) is 25.1 Å². The van der Waals surface area contributed by atoms with Crippen LogP contribution in [0.15, 0.2) is 29.9 Å². The van der Waals surface area contributed by atoms with Gasteiger partial charge in [-0.1, -0.05) is 24.6 Å². The summed E-state index contributed by atoms with van der Waals surface area (Å²) in [6, 6.07) is 4.62. The standard InChI is InChI=1S/C13H14ClFN2S/c1-2-5-17-13(12-7-16-8-18-12)10-4-3-9(14)6-11(10)15/h3-4,6-8,13,17H,2,5H2,1H3. The summed E-state index contributed by atoms with van der Waals surface area (Å²) in [4.78, 5) is 5.06. The van der Waals surface area contributed by atoms with E-state index in [0.29, 0.717) is 10.6 Å². The second kappa shape index (κ2) is 6.27. The Hall–Kier alpha value is -0.970. The molecule has 0 saturated heterocycles. The van der Waals surface area contributed by atoms with E-state index >= 15 is 0 Å². The molecule has 2 aromatic rings. The summed E-state index contributed by atoms with van der Waals surface area (Å²) in [6.45, 7) is 2.90. The molecule has 2 nitrogen and oxygen atoms in total. The van der Waals surface area contributed by atoms with Gasteiger partial charge in [0.05, 0.1) is 11.6 Å². The summed E-state index contributed by atoms with van der Waals surface area (Å²) >= 11 is 7.30. The smallest absolute Gasteiger partial charge is 0.129 e. The molecule has 1 atom stereocenters. The summed E-state index contributed by atoms with van der Waals surface area (Å²) in [5, 5.41) is 3.75. The van der Waals surface area contributed by atoms with E-state index < -0.39 is 0 Å². The van der Waals surface area contributed by atoms with Crippen LogP contribution in [0.25, 0.3) is 0 Å². The van der Waals surface area contributed by atoms with E-state index in [4.69, 9.17) is 11.6 Å². The molecule has 0 fully saturated rings. The van der Waals surface area contributed by atoms with Gasteiger partial charge in [0, 0.05) is 21.7 Å². The van der Waals surface area contributed by atoms with Gasteiger partial charge in [-0.25, -0.2) is 4.39 Å². The van der Waals surface area contributed by atoms with Crippen LogP contribution in [-0.2, 0) is 0 Å². The molecule has 96 valence electrons. The number of nitrogens with one attached hydrogen (secondary N) is 1. The molecule has 0 aliphatic rings. The predicted molar refractivity (Wildman–Crippen MR) is 73.7 cm³/mol. The molecule has 1 aromatic carbocycles. The number of halogens is 2. The van der Waals surface area contributed by atoms with Crippen LogP contribution in [0, 0.1) is 5.82 Å². The topological polar surface area (TPSA) is 24.9 Å². The summed E-state index contributed by atoms with van der Waals surface area (Å²) in [5.41, 5.74) is 2.36. The van der Waals surface area contributed by atoms with Crippen LogP contribution in [-0.4, -0.2) is 11.5 Å². The van der Waals surface area contributed by atoms with Crippen molar-refractivity contribution in [3.63, 3.8) is 0 Å². The molecule has 1 heterocycles. The van der Waals surface area contributed by atoms with E-state index in [1.54, 1.807) is 23.8 Å². The minimum atomic E-state index is -0.287. The molecule has 1 unspecified atom stereocenters. The fraction of sp³-hybridized carbons (Fsp3) is 0.308. The highest BCUT2D eigenvalue weighted by molar-refractivity contribution is 7.09. The van der Waals surface area contributed by atoms with E-state index in [1.165, 1.54) is 17.4 Å². The van der Waals surface area contributed by atoms with Gasteiger partial charge in [0.15, 0.2) is 0 Å². The molecule has 0 saturated carbocycles. The van der Waals surface area contributed by atoms with Gasteiger partial charge in [0.1, 0.15) is 5.82 Å². The van der Waals surface area contributed by atoms with Crippen LogP contribution in [0.1, 0.15) is 29.8 Å². The van der Waals surface area contributed by atoms with E-state index in [-0.39, 0.29) is 11.9 Å². The Balaban J connectivity index is 2.33. The maximum Gasteiger partial charge on any atom is 0.129 e. The van der Waals surface area contributed by atoms with Gasteiger partial charge in [-0.3, -0.25) is 4.98 Å². The molecular formula is C13H14ClFN2S. The van der Waals surface area contributed by atoms with Crippen molar-refractivity contribution in [2.45, 2.75) is 19.4 Å². The minimum absolute atomic E-state index is 0.158. The monoisotopic (exact) mass is 284 g/mol. The Bertz CT molecular complexity index is 502. The summed E-state index contributed by atoms with van der Waals surface area (Å²) in [6.07, 6.45) is 2.76. The molecule has 0 bridgehead atoms. The number of rotatable bonds is 5. The van der Waals surface area contributed by atoms with Crippen molar-refractivity contribution < 1.29 is 4.39 Å². The molecule has 1 N–H and O–H groups in total. The third-order valence-electron chi connectivity index (χ3n) is 2.61. The number of thiazole rings is 1. The molecule has 2 rings (SSSR count). The molecular weight excluding hydrogens is 271 g/mol. The van der Waals surface area contributed by atoms with E-state index in [0.717, 1.165) is 17.8 Å². The first-order valence-corrected chi connectivity index (χ1v) is 7.05. The maximum absolute atomic E-state index is 14.0. The second-order valence-electron chi connectivity index (χ2n) is 3.96. The first-order chi connectivity index (χ1) is 8.72. The van der Waals surface area contributed by atoms with Gasteiger partial charge >= 0.3 is 0 Å². The lowest BCUT2D eigenvalue weighted by molar-refractivity contribution is 0.551. The molecule has 18 heavy (non-hydrogen) atoms. The van der Waals surface area contributed by atoms with Crippen molar-refractivity contribution >= 4 is 22.9 Å². The summed E-state index contributed by atoms with van der Waals surface area (Å²) < 4.78 is 14.0. The Morgan fingerprint density at radius 2 is 2.33 bits per heavy atom. The molecule has 0 spiro atoms. The number of nitrogens with zero attached hydrogens (tertiary/aromatic N) is 1. The first kappa shape index (κ1) is 13.5. The number of benzene rings is 1. The number of hydrogen-bond acceptors (Lipinski definition) is 3. The van der Waals surface area contributed by atoms with Crippen LogP contribution >= 0.6 is 22.9 Å². The van der Waals surface area contributed by atoms with E-state index in [1.807, 2.05) is 0 Å². The first-order valence-electron chi connectivity index (χ1n) is 5.79. The minimum Gasteiger partial charge on any atom is -0.305 e. The van der Waals surface area contributed by atoms with Crippen molar-refractivity contribution in [1.82, 2.24) is 10.3 Å². The van der Waals surface area contributed by atoms with Crippen molar-refractivity contribution in [1.29, 1.82) is 0 Å². The molecule has 5 heteroatoms. The molecule has 0 radical (unpaired) electrons. The van der Waals surface area contributed by atoms with Crippen molar-refractivity contribution in [3.05, 3.63) is 51.2 Å². The molecule has 1 aromatic heterocycles. The van der Waals surface area contributed by atoms with E-state index in [9.17, 15) is 4.39 Å². The highest BCUT2D eigenvalue weighted by atomic mass is 35.5. The van der Waals surface area contributed by atoms with Gasteiger partial charge in [-0.2, -0.15) is 0 Å². The zero-order valence-corrected chi connectivity index (χ0v) is 11.6. The predicted octanol–water partition coefficient (Wildman–Crippen LogP) is 4.02. The average molecular weight is 285 g/mol. The molecule has 0 aliphatic carbocycles. The van der Waals surface area contributed by atoms with Gasteiger partial charge in [0.2, 0.25) is 0 Å². The lowest BCUT2D eigenvalue weighted by atomic mass is 10.1. The second-order valence-corrected chi connectivity index (χ2v) is 5.31. The highest BCUT2D eigenvalue weighted by Crippen LogP contribution is 2.28. The van der Waals surface area contributed by atoms with Crippen LogP contribution < -0.4 is 5.32 Å². The Morgan fingerprint density at radius 3 is 2.94 bits per heavy atom. The van der Waals surface area contributed by atoms with Crippen LogP contribution in [0.2, 0.25) is 5.02 Å². The summed E-state index contributed by atoms with van der Waals surface area (Å²) in [5.74, 6) is -0.287. The van der Waals surface area contributed by atoms with Gasteiger partial charge in [0.25, 0.3) is 0 Å². The Kier molecular flexibility index (Phi) is 4.69. The lowest BCUT2D eigenvalue weighted by Crippen LogP contribution is -2.23. The van der Waals surface area contributed by atoms with Crippen molar-refractivity contribution in [3.8, 4) is 0 Å². The van der Waals surface area contributed by atoms with Crippen molar-refractivity contribution in [2.24, 2.45) is 0 Å². The Morgan fingerprint density at radius 1 is 1.50 bits per heavy atom. The lowest BCUT2D eigenvalue weighted by Gasteiger charge is -2.18. The fourth-order valence-corrected chi connectivity index (χ4v) is 2.63. The normalized spacial score (nSPS) is 12.6. The van der Waals surface area contributed by atoms with E-state index in [2.05, 4.69) is 17.2 Å². The van der Waals surface area contributed by atoms with Crippen LogP contribution in [0.5, 0.6) is 0 Å². The average Bonchev–Trinajstić information content (AvgIpc) is 2.85. The fourth-order valence-electron chi connectivity index (χ4n) is 1.76.